The maximum Gasteiger partial charge on any atom is 0.240 e. The number of fused-ring (bicyclic) bond motifs is 1. The van der Waals surface area contributed by atoms with E-state index in [-0.39, 0.29) is 5.91 Å². The number of para-hydroxylation sites is 2. The van der Waals surface area contributed by atoms with Crippen LogP contribution >= 0.6 is 11.3 Å². The first-order valence-electron chi connectivity index (χ1n) is 8.87. The van der Waals surface area contributed by atoms with E-state index in [0.29, 0.717) is 11.7 Å². The van der Waals surface area contributed by atoms with Gasteiger partial charge in [0.15, 0.2) is 5.13 Å². The standard InChI is InChI=1S/C20H22N4OS/c1-15-6-2-4-8-17(15)24-12-10-23(11-13-24)14-19(25)22-20-21-16-7-3-5-9-18(16)26-20/h2-9H,10-14H2,1H3,(H,21,22,25). The van der Waals surface area contributed by atoms with E-state index in [1.54, 1.807) is 0 Å². The number of thiazole rings is 1. The Kier molecular flexibility index (Phi) is 4.86. The molecule has 6 heteroatoms. The van der Waals surface area contributed by atoms with Crippen molar-refractivity contribution in [1.29, 1.82) is 0 Å². The van der Waals surface area contributed by atoms with Gasteiger partial charge in [0.05, 0.1) is 16.8 Å². The summed E-state index contributed by atoms with van der Waals surface area (Å²) in [7, 11) is 0. The second-order valence-electron chi connectivity index (χ2n) is 6.58. The van der Waals surface area contributed by atoms with E-state index in [4.69, 9.17) is 0 Å². The zero-order chi connectivity index (χ0) is 17.9. The third-order valence-corrected chi connectivity index (χ3v) is 5.69. The predicted molar refractivity (Wildman–Crippen MR) is 108 cm³/mol. The van der Waals surface area contributed by atoms with Crippen LogP contribution in [0.25, 0.3) is 10.2 Å². The van der Waals surface area contributed by atoms with Crippen molar-refractivity contribution in [3.05, 3.63) is 54.1 Å². The molecule has 2 aromatic carbocycles. The molecule has 134 valence electrons. The van der Waals surface area contributed by atoms with Gasteiger partial charge in [-0.15, -0.1) is 0 Å². The molecule has 1 aliphatic rings. The lowest BCUT2D eigenvalue weighted by Gasteiger charge is -2.36. The van der Waals surface area contributed by atoms with Crippen LogP contribution in [0.1, 0.15) is 5.56 Å². The third kappa shape index (κ3) is 3.71. The van der Waals surface area contributed by atoms with Gasteiger partial charge in [-0.05, 0) is 30.7 Å². The molecule has 1 fully saturated rings. The van der Waals surface area contributed by atoms with Crippen LogP contribution < -0.4 is 10.2 Å². The van der Waals surface area contributed by atoms with Crippen LogP contribution in [0.15, 0.2) is 48.5 Å². The molecular weight excluding hydrogens is 344 g/mol. The van der Waals surface area contributed by atoms with Crippen LogP contribution in [0.2, 0.25) is 0 Å². The molecule has 0 atom stereocenters. The fourth-order valence-electron chi connectivity index (χ4n) is 3.35. The predicted octanol–water partition coefficient (Wildman–Crippen LogP) is 3.37. The number of hydrogen-bond donors (Lipinski definition) is 1. The fourth-order valence-corrected chi connectivity index (χ4v) is 4.23. The molecule has 0 bridgehead atoms. The van der Waals surface area contributed by atoms with E-state index in [1.165, 1.54) is 22.6 Å². The van der Waals surface area contributed by atoms with Crippen LogP contribution in [0.3, 0.4) is 0 Å². The number of benzene rings is 2. The number of carbonyl (C=O) groups excluding carboxylic acids is 1. The first-order valence-corrected chi connectivity index (χ1v) is 9.69. The van der Waals surface area contributed by atoms with E-state index in [2.05, 4.69) is 51.3 Å². The van der Waals surface area contributed by atoms with Gasteiger partial charge in [0.2, 0.25) is 5.91 Å². The van der Waals surface area contributed by atoms with Crippen LogP contribution in [-0.4, -0.2) is 48.5 Å². The number of hydrogen-bond acceptors (Lipinski definition) is 5. The summed E-state index contributed by atoms with van der Waals surface area (Å²) in [5.41, 5.74) is 3.53. The first-order chi connectivity index (χ1) is 12.7. The van der Waals surface area contributed by atoms with Crippen molar-refractivity contribution in [3.8, 4) is 0 Å². The minimum Gasteiger partial charge on any atom is -0.369 e. The van der Waals surface area contributed by atoms with Gasteiger partial charge in [-0.2, -0.15) is 0 Å². The Balaban J connectivity index is 1.31. The maximum atomic E-state index is 12.4. The van der Waals surface area contributed by atoms with Crippen molar-refractivity contribution >= 4 is 38.3 Å². The van der Waals surface area contributed by atoms with E-state index >= 15 is 0 Å². The average molecular weight is 366 g/mol. The molecule has 1 aliphatic heterocycles. The Hall–Kier alpha value is -2.44. The second kappa shape index (κ2) is 7.43. The van der Waals surface area contributed by atoms with E-state index in [1.807, 2.05) is 24.3 Å². The Morgan fingerprint density at radius 2 is 1.81 bits per heavy atom. The number of piperazine rings is 1. The summed E-state index contributed by atoms with van der Waals surface area (Å²) in [5, 5.41) is 3.62. The van der Waals surface area contributed by atoms with Gasteiger partial charge in [-0.1, -0.05) is 41.7 Å². The monoisotopic (exact) mass is 366 g/mol. The summed E-state index contributed by atoms with van der Waals surface area (Å²) in [6.45, 7) is 6.23. The van der Waals surface area contributed by atoms with Gasteiger partial charge in [0.25, 0.3) is 0 Å². The fraction of sp³-hybridized carbons (Fsp3) is 0.300. The highest BCUT2D eigenvalue weighted by atomic mass is 32.1. The Morgan fingerprint density at radius 3 is 2.58 bits per heavy atom. The van der Waals surface area contributed by atoms with Crippen LogP contribution in [0, 0.1) is 6.92 Å². The molecule has 0 saturated carbocycles. The van der Waals surface area contributed by atoms with E-state index < -0.39 is 0 Å². The summed E-state index contributed by atoms with van der Waals surface area (Å²) in [6, 6.07) is 16.4. The average Bonchev–Trinajstić information content (AvgIpc) is 3.05. The molecule has 0 unspecified atom stereocenters. The Labute approximate surface area is 157 Å². The summed E-state index contributed by atoms with van der Waals surface area (Å²) < 4.78 is 1.09. The summed E-state index contributed by atoms with van der Waals surface area (Å²) in [6.07, 6.45) is 0. The largest absolute Gasteiger partial charge is 0.369 e. The molecular formula is C20H22N4OS. The summed E-state index contributed by atoms with van der Waals surface area (Å²) in [4.78, 5) is 21.4. The third-order valence-electron chi connectivity index (χ3n) is 4.74. The lowest BCUT2D eigenvalue weighted by Crippen LogP contribution is -2.48. The van der Waals surface area contributed by atoms with Gasteiger partial charge in [0.1, 0.15) is 0 Å². The van der Waals surface area contributed by atoms with Crippen LogP contribution in [-0.2, 0) is 4.79 Å². The lowest BCUT2D eigenvalue weighted by molar-refractivity contribution is -0.117. The van der Waals surface area contributed by atoms with Gasteiger partial charge in [-0.3, -0.25) is 9.69 Å². The van der Waals surface area contributed by atoms with Gasteiger partial charge < -0.3 is 10.2 Å². The molecule has 1 N–H and O–H groups in total. The van der Waals surface area contributed by atoms with Gasteiger partial charge >= 0.3 is 0 Å². The first kappa shape index (κ1) is 17.0. The molecule has 1 saturated heterocycles. The molecule has 0 aliphatic carbocycles. The lowest BCUT2D eigenvalue weighted by atomic mass is 10.1. The van der Waals surface area contributed by atoms with Crippen molar-refractivity contribution in [2.24, 2.45) is 0 Å². The highest BCUT2D eigenvalue weighted by molar-refractivity contribution is 7.22. The molecule has 5 nitrogen and oxygen atoms in total. The van der Waals surface area contributed by atoms with Crippen molar-refractivity contribution in [3.63, 3.8) is 0 Å². The number of anilines is 2. The number of nitrogens with one attached hydrogen (secondary N) is 1. The summed E-state index contributed by atoms with van der Waals surface area (Å²) in [5.74, 6) is 0.00778. The molecule has 3 aromatic rings. The smallest absolute Gasteiger partial charge is 0.240 e. The molecule has 0 radical (unpaired) electrons. The zero-order valence-corrected chi connectivity index (χ0v) is 15.6. The van der Waals surface area contributed by atoms with Crippen LogP contribution in [0.4, 0.5) is 10.8 Å². The molecule has 26 heavy (non-hydrogen) atoms. The quantitative estimate of drug-likeness (QED) is 0.769. The maximum absolute atomic E-state index is 12.4. The topological polar surface area (TPSA) is 48.5 Å². The number of rotatable bonds is 4. The molecule has 4 rings (SSSR count). The van der Waals surface area contributed by atoms with Crippen molar-refractivity contribution in [2.75, 3.05) is 42.9 Å². The molecule has 1 aromatic heterocycles. The minimum atomic E-state index is 0.00778. The normalized spacial score (nSPS) is 15.3. The minimum absolute atomic E-state index is 0.00778. The van der Waals surface area contributed by atoms with Gasteiger partial charge in [-0.25, -0.2) is 4.98 Å². The number of nitrogens with zero attached hydrogens (tertiary/aromatic N) is 3. The van der Waals surface area contributed by atoms with E-state index in [0.717, 1.165) is 36.4 Å². The summed E-state index contributed by atoms with van der Waals surface area (Å²) >= 11 is 1.52. The van der Waals surface area contributed by atoms with Crippen molar-refractivity contribution in [2.45, 2.75) is 6.92 Å². The van der Waals surface area contributed by atoms with Crippen molar-refractivity contribution in [1.82, 2.24) is 9.88 Å². The molecule has 2 heterocycles. The number of carbonyl (C=O) groups is 1. The number of aromatic nitrogens is 1. The van der Waals surface area contributed by atoms with E-state index in [9.17, 15) is 4.79 Å². The number of amides is 1. The number of aryl methyl sites for hydroxylation is 1. The Bertz CT molecular complexity index is 882. The molecule has 0 spiro atoms. The van der Waals surface area contributed by atoms with Crippen molar-refractivity contribution < 1.29 is 4.79 Å². The zero-order valence-electron chi connectivity index (χ0n) is 14.8. The van der Waals surface area contributed by atoms with Gasteiger partial charge in [0, 0.05) is 31.9 Å². The Morgan fingerprint density at radius 1 is 1.08 bits per heavy atom. The highest BCUT2D eigenvalue weighted by Crippen LogP contribution is 2.25. The molecule has 1 amide bonds. The highest BCUT2D eigenvalue weighted by Gasteiger charge is 2.20. The van der Waals surface area contributed by atoms with Crippen LogP contribution in [0.5, 0.6) is 0 Å². The SMILES string of the molecule is Cc1ccccc1N1CCN(CC(=O)Nc2nc3ccccc3s2)CC1. The second-order valence-corrected chi connectivity index (χ2v) is 7.62.